The van der Waals surface area contributed by atoms with E-state index in [2.05, 4.69) is 9.97 Å². The molecule has 0 aliphatic carbocycles. The number of amides is 2. The third-order valence-corrected chi connectivity index (χ3v) is 4.97. The maximum atomic E-state index is 13.2. The first-order valence-corrected chi connectivity index (χ1v) is 8.94. The van der Waals surface area contributed by atoms with E-state index in [1.54, 1.807) is 14.0 Å². The molecule has 3 heterocycles. The van der Waals surface area contributed by atoms with Gasteiger partial charge in [0.25, 0.3) is 17.4 Å². The average molecular weight is 408 g/mol. The smallest absolute Gasteiger partial charge is 0.342 e. The minimum atomic E-state index is -4.68. The van der Waals surface area contributed by atoms with Gasteiger partial charge in [-0.15, -0.1) is 0 Å². The van der Waals surface area contributed by atoms with Crippen LogP contribution in [0.1, 0.15) is 44.3 Å². The largest absolute Gasteiger partial charge is 0.417 e. The second-order valence-electron chi connectivity index (χ2n) is 6.71. The molecule has 1 aliphatic heterocycles. The van der Waals surface area contributed by atoms with Crippen molar-refractivity contribution in [1.29, 1.82) is 0 Å². The van der Waals surface area contributed by atoms with Gasteiger partial charge in [0.05, 0.1) is 11.1 Å². The van der Waals surface area contributed by atoms with Gasteiger partial charge in [0, 0.05) is 45.3 Å². The van der Waals surface area contributed by atoms with E-state index in [4.69, 9.17) is 0 Å². The first-order chi connectivity index (χ1) is 13.6. The van der Waals surface area contributed by atoms with E-state index in [1.165, 1.54) is 16.0 Å². The van der Waals surface area contributed by atoms with Crippen molar-refractivity contribution in [2.45, 2.75) is 26.1 Å². The Balaban J connectivity index is 1.95. The van der Waals surface area contributed by atoms with Crippen LogP contribution in [0.25, 0.3) is 0 Å². The van der Waals surface area contributed by atoms with Crippen LogP contribution in [0, 0.1) is 0 Å². The number of carbonyl (C=O) groups is 2. The zero-order valence-electron chi connectivity index (χ0n) is 15.8. The summed E-state index contributed by atoms with van der Waals surface area (Å²) in [6, 6.07) is 0.764. The highest BCUT2D eigenvalue weighted by molar-refractivity contribution is 5.97. The Labute approximate surface area is 164 Å². The molecule has 1 N–H and O–H groups in total. The fourth-order valence-corrected chi connectivity index (χ4v) is 3.28. The van der Waals surface area contributed by atoms with Gasteiger partial charge in [-0.3, -0.25) is 19.4 Å². The SMILES string of the molecule is CCN(C)C(=O)c1c2c(c[nH]c1=O)CN(C(=O)c1cnccc1C(F)(F)F)CC2. The van der Waals surface area contributed by atoms with E-state index in [0.29, 0.717) is 17.7 Å². The van der Waals surface area contributed by atoms with Gasteiger partial charge in [-0.25, -0.2) is 0 Å². The van der Waals surface area contributed by atoms with Crippen molar-refractivity contribution in [3.63, 3.8) is 0 Å². The summed E-state index contributed by atoms with van der Waals surface area (Å²) in [5.74, 6) is -1.24. The molecule has 0 radical (unpaired) electrons. The van der Waals surface area contributed by atoms with Gasteiger partial charge in [-0.05, 0) is 30.5 Å². The number of H-pyrrole nitrogens is 1. The summed E-state index contributed by atoms with van der Waals surface area (Å²) < 4.78 is 39.7. The minimum Gasteiger partial charge on any atom is -0.342 e. The molecule has 0 aromatic carbocycles. The number of fused-ring (bicyclic) bond motifs is 1. The van der Waals surface area contributed by atoms with Crippen LogP contribution in [-0.4, -0.2) is 51.7 Å². The van der Waals surface area contributed by atoms with E-state index in [0.717, 1.165) is 18.5 Å². The molecular weight excluding hydrogens is 389 g/mol. The van der Waals surface area contributed by atoms with E-state index in [1.807, 2.05) is 0 Å². The van der Waals surface area contributed by atoms with E-state index < -0.39 is 34.7 Å². The van der Waals surface area contributed by atoms with Crippen LogP contribution in [0.2, 0.25) is 0 Å². The summed E-state index contributed by atoms with van der Waals surface area (Å²) in [7, 11) is 1.57. The van der Waals surface area contributed by atoms with Gasteiger partial charge in [0.1, 0.15) is 5.56 Å². The molecule has 0 saturated heterocycles. The number of pyridine rings is 2. The van der Waals surface area contributed by atoms with Crippen molar-refractivity contribution in [2.24, 2.45) is 0 Å². The predicted molar refractivity (Wildman–Crippen MR) is 97.4 cm³/mol. The van der Waals surface area contributed by atoms with Crippen LogP contribution in [0.4, 0.5) is 13.2 Å². The first-order valence-electron chi connectivity index (χ1n) is 8.94. The Bertz CT molecular complexity index is 1020. The van der Waals surface area contributed by atoms with Crippen LogP contribution in [-0.2, 0) is 19.1 Å². The molecule has 0 spiro atoms. The second kappa shape index (κ2) is 7.69. The van der Waals surface area contributed by atoms with Crippen LogP contribution in [0.5, 0.6) is 0 Å². The van der Waals surface area contributed by atoms with Gasteiger partial charge in [-0.2, -0.15) is 13.2 Å². The Morgan fingerprint density at radius 2 is 2.07 bits per heavy atom. The molecule has 154 valence electrons. The summed E-state index contributed by atoms with van der Waals surface area (Å²) in [5, 5.41) is 0. The maximum Gasteiger partial charge on any atom is 0.417 e. The fraction of sp³-hybridized carbons (Fsp3) is 0.368. The maximum absolute atomic E-state index is 13.2. The summed E-state index contributed by atoms with van der Waals surface area (Å²) in [5.41, 5.74) is -1.06. The third kappa shape index (κ3) is 3.87. The highest BCUT2D eigenvalue weighted by Crippen LogP contribution is 2.32. The van der Waals surface area contributed by atoms with Crippen molar-refractivity contribution in [2.75, 3.05) is 20.1 Å². The number of carbonyl (C=O) groups excluding carboxylic acids is 2. The van der Waals surface area contributed by atoms with Gasteiger partial charge in [-0.1, -0.05) is 0 Å². The number of alkyl halides is 3. The number of halogens is 3. The monoisotopic (exact) mass is 408 g/mol. The van der Waals surface area contributed by atoms with Crippen molar-refractivity contribution in [3.05, 3.63) is 62.8 Å². The molecule has 0 unspecified atom stereocenters. The number of aromatic amines is 1. The Kier molecular flexibility index (Phi) is 5.45. The molecule has 10 heteroatoms. The standard InChI is InChI=1S/C19H19F3N4O3/c1-3-25(2)18(29)15-12-5-7-26(10-11(12)8-24-16(15)27)17(28)13-9-23-6-4-14(13)19(20,21)22/h4,6,8-9H,3,5,7,10H2,1-2H3,(H,24,27). The predicted octanol–water partition coefficient (Wildman–Crippen LogP) is 2.08. The Morgan fingerprint density at radius 1 is 1.34 bits per heavy atom. The van der Waals surface area contributed by atoms with Gasteiger partial charge in [0.15, 0.2) is 0 Å². The van der Waals surface area contributed by atoms with Crippen molar-refractivity contribution in [1.82, 2.24) is 19.8 Å². The molecule has 7 nitrogen and oxygen atoms in total. The normalized spacial score (nSPS) is 13.8. The molecule has 1 aliphatic rings. The van der Waals surface area contributed by atoms with Gasteiger partial charge < -0.3 is 14.8 Å². The highest BCUT2D eigenvalue weighted by atomic mass is 19.4. The van der Waals surface area contributed by atoms with E-state index >= 15 is 0 Å². The summed E-state index contributed by atoms with van der Waals surface area (Å²) in [4.78, 5) is 46.3. The number of aromatic nitrogens is 2. The molecule has 2 amide bonds. The molecular formula is C19H19F3N4O3. The lowest BCUT2D eigenvalue weighted by atomic mass is 9.95. The van der Waals surface area contributed by atoms with Crippen molar-refractivity contribution >= 4 is 11.8 Å². The molecule has 0 bridgehead atoms. The van der Waals surface area contributed by atoms with Crippen LogP contribution in [0.3, 0.4) is 0 Å². The number of nitrogens with zero attached hydrogens (tertiary/aromatic N) is 3. The first kappa shape index (κ1) is 20.6. The number of rotatable bonds is 3. The minimum absolute atomic E-state index is 0.0105. The van der Waals surface area contributed by atoms with Crippen LogP contribution >= 0.6 is 0 Å². The molecule has 0 fully saturated rings. The topological polar surface area (TPSA) is 86.4 Å². The van der Waals surface area contributed by atoms with Crippen molar-refractivity contribution in [3.8, 4) is 0 Å². The van der Waals surface area contributed by atoms with Crippen LogP contribution < -0.4 is 5.56 Å². The third-order valence-electron chi connectivity index (χ3n) is 4.97. The number of hydrogen-bond donors (Lipinski definition) is 1. The lowest BCUT2D eigenvalue weighted by molar-refractivity contribution is -0.138. The molecule has 2 aromatic rings. The molecule has 0 atom stereocenters. The Morgan fingerprint density at radius 3 is 2.72 bits per heavy atom. The van der Waals surface area contributed by atoms with E-state index in [-0.39, 0.29) is 25.1 Å². The summed E-state index contributed by atoms with van der Waals surface area (Å²) >= 11 is 0. The number of hydrogen-bond acceptors (Lipinski definition) is 4. The van der Waals surface area contributed by atoms with Gasteiger partial charge in [0.2, 0.25) is 0 Å². The average Bonchev–Trinajstić information content (AvgIpc) is 2.71. The summed E-state index contributed by atoms with van der Waals surface area (Å²) in [6.07, 6.45) is -1.22. The van der Waals surface area contributed by atoms with Crippen LogP contribution in [0.15, 0.2) is 29.5 Å². The molecule has 29 heavy (non-hydrogen) atoms. The zero-order valence-corrected chi connectivity index (χ0v) is 15.8. The lowest BCUT2D eigenvalue weighted by Crippen LogP contribution is -2.40. The van der Waals surface area contributed by atoms with Gasteiger partial charge >= 0.3 is 6.18 Å². The quantitative estimate of drug-likeness (QED) is 0.843. The van der Waals surface area contributed by atoms with E-state index in [9.17, 15) is 27.6 Å². The molecule has 0 saturated carbocycles. The lowest BCUT2D eigenvalue weighted by Gasteiger charge is -2.30. The highest BCUT2D eigenvalue weighted by Gasteiger charge is 2.37. The zero-order chi connectivity index (χ0) is 21.3. The summed E-state index contributed by atoms with van der Waals surface area (Å²) in [6.45, 7) is 2.24. The molecule has 3 rings (SSSR count). The Hall–Kier alpha value is -3.17. The fourth-order valence-electron chi connectivity index (χ4n) is 3.28. The van der Waals surface area contributed by atoms with Crippen molar-refractivity contribution < 1.29 is 22.8 Å². The molecule has 2 aromatic heterocycles. The second-order valence-corrected chi connectivity index (χ2v) is 6.71. The number of nitrogens with one attached hydrogen (secondary N) is 1.